The summed E-state index contributed by atoms with van der Waals surface area (Å²) >= 11 is 0. The van der Waals surface area contributed by atoms with Crippen LogP contribution in [0.2, 0.25) is 0 Å². The van der Waals surface area contributed by atoms with Crippen molar-refractivity contribution >= 4 is 11.0 Å². The third-order valence-corrected chi connectivity index (χ3v) is 4.00. The Morgan fingerprint density at radius 1 is 0.875 bits per heavy atom. The highest BCUT2D eigenvalue weighted by Crippen LogP contribution is 2.31. The van der Waals surface area contributed by atoms with Crippen LogP contribution in [0.3, 0.4) is 0 Å². The van der Waals surface area contributed by atoms with E-state index in [0.29, 0.717) is 6.42 Å². The number of nitrogens with two attached hydrogens (primary N) is 1. The minimum atomic E-state index is -0.223. The van der Waals surface area contributed by atoms with Crippen molar-refractivity contribution in [3.63, 3.8) is 0 Å². The molecule has 3 aromatic heterocycles. The molecule has 0 bridgehead atoms. The molecule has 5 nitrogen and oxygen atoms in total. The van der Waals surface area contributed by atoms with E-state index < -0.39 is 0 Å². The first-order chi connectivity index (χ1) is 11.8. The van der Waals surface area contributed by atoms with Crippen LogP contribution in [0.5, 0.6) is 0 Å². The highest BCUT2D eigenvalue weighted by Gasteiger charge is 2.19. The Labute approximate surface area is 139 Å². The maximum Gasteiger partial charge on any atom is 0.167 e. The number of fused-ring (bicyclic) bond motifs is 1. The van der Waals surface area contributed by atoms with Crippen LogP contribution in [0.15, 0.2) is 71.5 Å². The number of hydrogen-bond donors (Lipinski definition) is 1. The fraction of sp³-hybridized carbons (Fsp3) is 0.105. The first kappa shape index (κ1) is 14.5. The molecular formula is C19H16N4O. The lowest BCUT2D eigenvalue weighted by atomic mass is 9.98. The summed E-state index contributed by atoms with van der Waals surface area (Å²) < 4.78 is 5.41. The molecule has 0 unspecified atom stereocenters. The third-order valence-electron chi connectivity index (χ3n) is 4.00. The normalized spacial score (nSPS) is 12.4. The molecule has 0 amide bonds. The quantitative estimate of drug-likeness (QED) is 0.623. The molecule has 0 saturated heterocycles. The Morgan fingerprint density at radius 3 is 2.58 bits per heavy atom. The average molecular weight is 316 g/mol. The Balaban J connectivity index is 1.75. The molecule has 0 spiro atoms. The van der Waals surface area contributed by atoms with E-state index in [1.807, 2.05) is 54.6 Å². The summed E-state index contributed by atoms with van der Waals surface area (Å²) in [5.41, 5.74) is 10.5. The molecule has 4 aromatic rings. The van der Waals surface area contributed by atoms with Gasteiger partial charge < -0.3 is 10.3 Å². The van der Waals surface area contributed by atoms with Gasteiger partial charge in [-0.25, -0.2) is 0 Å². The van der Waals surface area contributed by atoms with E-state index in [1.54, 1.807) is 12.4 Å². The van der Waals surface area contributed by atoms with Gasteiger partial charge in [-0.2, -0.15) is 0 Å². The van der Waals surface area contributed by atoms with E-state index in [-0.39, 0.29) is 6.04 Å². The van der Waals surface area contributed by atoms with Gasteiger partial charge in [0.2, 0.25) is 0 Å². The zero-order valence-corrected chi connectivity index (χ0v) is 13.0. The molecule has 0 fully saturated rings. The number of benzene rings is 1. The van der Waals surface area contributed by atoms with E-state index >= 15 is 0 Å². The molecule has 1 aromatic carbocycles. The lowest BCUT2D eigenvalue weighted by molar-refractivity contribution is 0.459. The van der Waals surface area contributed by atoms with Crippen molar-refractivity contribution in [2.75, 3.05) is 0 Å². The maximum absolute atomic E-state index is 6.44. The Morgan fingerprint density at radius 2 is 1.71 bits per heavy atom. The lowest BCUT2D eigenvalue weighted by Crippen LogP contribution is -2.15. The van der Waals surface area contributed by atoms with E-state index in [9.17, 15) is 0 Å². The fourth-order valence-electron chi connectivity index (χ4n) is 2.83. The monoisotopic (exact) mass is 316 g/mol. The number of hydrogen-bond acceptors (Lipinski definition) is 5. The van der Waals surface area contributed by atoms with Gasteiger partial charge in [-0.05, 0) is 35.9 Å². The molecule has 0 radical (unpaired) electrons. The van der Waals surface area contributed by atoms with Crippen LogP contribution in [0.25, 0.3) is 22.4 Å². The van der Waals surface area contributed by atoms with Crippen LogP contribution in [-0.4, -0.2) is 15.1 Å². The van der Waals surface area contributed by atoms with Crippen LogP contribution in [0, 0.1) is 0 Å². The summed E-state index contributed by atoms with van der Waals surface area (Å²) in [5, 5.41) is 5.14. The second kappa shape index (κ2) is 6.22. The van der Waals surface area contributed by atoms with E-state index in [1.165, 1.54) is 0 Å². The summed E-state index contributed by atoms with van der Waals surface area (Å²) in [6, 6.07) is 17.2. The van der Waals surface area contributed by atoms with Crippen LogP contribution >= 0.6 is 0 Å². The molecule has 3 heterocycles. The molecule has 0 aliphatic rings. The zero-order valence-electron chi connectivity index (χ0n) is 13.0. The SMILES string of the molecule is N[C@@H](Cc1ccccn1)c1cccnc1-c1noc2ccccc12. The van der Waals surface area contributed by atoms with Gasteiger partial charge in [0.1, 0.15) is 5.69 Å². The first-order valence-corrected chi connectivity index (χ1v) is 7.78. The van der Waals surface area contributed by atoms with Crippen LogP contribution < -0.4 is 5.73 Å². The Kier molecular flexibility index (Phi) is 3.76. The largest absolute Gasteiger partial charge is 0.356 e. The number of para-hydroxylation sites is 1. The van der Waals surface area contributed by atoms with Crippen molar-refractivity contribution < 1.29 is 4.52 Å². The van der Waals surface area contributed by atoms with Crippen molar-refractivity contribution in [2.45, 2.75) is 12.5 Å². The van der Waals surface area contributed by atoms with Crippen molar-refractivity contribution in [2.24, 2.45) is 5.73 Å². The molecule has 0 saturated carbocycles. The van der Waals surface area contributed by atoms with Gasteiger partial charge in [0.05, 0.1) is 11.1 Å². The standard InChI is InChI=1S/C19H16N4O/c20-16(12-13-6-3-4-10-21-13)14-8-5-11-22-18(14)19-15-7-1-2-9-17(15)24-23-19/h1-11,16H,12,20H2/t16-/m0/s1. The molecule has 2 N–H and O–H groups in total. The van der Waals surface area contributed by atoms with Gasteiger partial charge in [0.15, 0.2) is 5.58 Å². The second-order valence-corrected chi connectivity index (χ2v) is 5.60. The van der Waals surface area contributed by atoms with Crippen LogP contribution in [-0.2, 0) is 6.42 Å². The van der Waals surface area contributed by atoms with Crippen LogP contribution in [0.4, 0.5) is 0 Å². The summed E-state index contributed by atoms with van der Waals surface area (Å²) in [6.07, 6.45) is 4.16. The van der Waals surface area contributed by atoms with E-state index in [2.05, 4.69) is 15.1 Å². The minimum Gasteiger partial charge on any atom is -0.356 e. The van der Waals surface area contributed by atoms with Crippen LogP contribution in [0.1, 0.15) is 17.3 Å². The smallest absolute Gasteiger partial charge is 0.167 e. The van der Waals surface area contributed by atoms with Crippen molar-refractivity contribution in [1.29, 1.82) is 0 Å². The fourth-order valence-corrected chi connectivity index (χ4v) is 2.83. The van der Waals surface area contributed by atoms with Crippen molar-refractivity contribution in [3.05, 3.63) is 78.2 Å². The molecule has 5 heteroatoms. The third kappa shape index (κ3) is 2.66. The van der Waals surface area contributed by atoms with Gasteiger partial charge in [-0.1, -0.05) is 29.4 Å². The highest BCUT2D eigenvalue weighted by atomic mass is 16.5. The predicted molar refractivity (Wildman–Crippen MR) is 92.1 cm³/mol. The predicted octanol–water partition coefficient (Wildman–Crippen LogP) is 3.53. The second-order valence-electron chi connectivity index (χ2n) is 5.60. The number of aromatic nitrogens is 3. The molecule has 118 valence electrons. The molecular weight excluding hydrogens is 300 g/mol. The number of pyridine rings is 2. The van der Waals surface area contributed by atoms with Gasteiger partial charge in [0.25, 0.3) is 0 Å². The van der Waals surface area contributed by atoms with E-state index in [4.69, 9.17) is 10.3 Å². The topological polar surface area (TPSA) is 77.8 Å². The average Bonchev–Trinajstić information content (AvgIpc) is 3.06. The van der Waals surface area contributed by atoms with Crippen molar-refractivity contribution in [3.8, 4) is 11.4 Å². The summed E-state index contributed by atoms with van der Waals surface area (Å²) in [6.45, 7) is 0. The minimum absolute atomic E-state index is 0.223. The van der Waals surface area contributed by atoms with Gasteiger partial charge in [0, 0.05) is 30.6 Å². The number of rotatable bonds is 4. The van der Waals surface area contributed by atoms with Crippen molar-refractivity contribution in [1.82, 2.24) is 15.1 Å². The Bertz CT molecular complexity index is 965. The highest BCUT2D eigenvalue weighted by molar-refractivity contribution is 5.91. The number of nitrogens with zero attached hydrogens (tertiary/aromatic N) is 3. The molecule has 0 aliphatic heterocycles. The molecule has 1 atom stereocenters. The summed E-state index contributed by atoms with van der Waals surface area (Å²) in [7, 11) is 0. The summed E-state index contributed by atoms with van der Waals surface area (Å²) in [4.78, 5) is 8.86. The molecule has 4 rings (SSSR count). The van der Waals surface area contributed by atoms with Gasteiger partial charge in [-0.15, -0.1) is 0 Å². The Hall–Kier alpha value is -3.05. The zero-order chi connectivity index (χ0) is 16.4. The lowest BCUT2D eigenvalue weighted by Gasteiger charge is -2.14. The summed E-state index contributed by atoms with van der Waals surface area (Å²) in [5.74, 6) is 0. The maximum atomic E-state index is 6.44. The van der Waals surface area contributed by atoms with E-state index in [0.717, 1.165) is 33.6 Å². The first-order valence-electron chi connectivity index (χ1n) is 7.78. The molecule has 0 aliphatic carbocycles. The van der Waals surface area contributed by atoms with Gasteiger partial charge >= 0.3 is 0 Å². The molecule has 24 heavy (non-hydrogen) atoms. The van der Waals surface area contributed by atoms with Gasteiger partial charge in [-0.3, -0.25) is 9.97 Å².